The number of nitrogens with one attached hydrogen (secondary N) is 1. The minimum atomic E-state index is 0.230. The van der Waals surface area contributed by atoms with E-state index in [1.807, 2.05) is 13.1 Å². The van der Waals surface area contributed by atoms with Crippen molar-refractivity contribution in [1.82, 2.24) is 5.32 Å². The summed E-state index contributed by atoms with van der Waals surface area (Å²) in [6.45, 7) is 2.16. The first-order valence-corrected chi connectivity index (χ1v) is 7.76. The summed E-state index contributed by atoms with van der Waals surface area (Å²) >= 11 is 8.94. The second-order valence-electron chi connectivity index (χ2n) is 3.82. The Labute approximate surface area is 123 Å². The van der Waals surface area contributed by atoms with Crippen molar-refractivity contribution >= 4 is 43.2 Å². The van der Waals surface area contributed by atoms with E-state index in [9.17, 15) is 0 Å². The van der Waals surface area contributed by atoms with Gasteiger partial charge < -0.3 is 5.32 Å². The van der Waals surface area contributed by atoms with E-state index in [0.29, 0.717) is 0 Å². The number of rotatable bonds is 3. The van der Waals surface area contributed by atoms with Crippen LogP contribution in [0, 0.1) is 6.92 Å². The summed E-state index contributed by atoms with van der Waals surface area (Å²) in [5.41, 5.74) is 2.60. The summed E-state index contributed by atoms with van der Waals surface area (Å²) in [4.78, 5) is 1.36. The monoisotopic (exact) mass is 373 g/mol. The smallest absolute Gasteiger partial charge is 0.0596 e. The first-order valence-electron chi connectivity index (χ1n) is 5.29. The molecule has 0 saturated heterocycles. The molecule has 1 aromatic heterocycles. The molecule has 1 heterocycles. The fourth-order valence-corrected chi connectivity index (χ4v) is 3.50. The highest BCUT2D eigenvalue weighted by Gasteiger charge is 2.17. The highest BCUT2D eigenvalue weighted by atomic mass is 79.9. The molecule has 1 N–H and O–H groups in total. The molecular formula is C13H13Br2NS. The maximum Gasteiger partial charge on any atom is 0.0596 e. The summed E-state index contributed by atoms with van der Waals surface area (Å²) in [5, 5.41) is 5.53. The van der Waals surface area contributed by atoms with Crippen LogP contribution in [0.4, 0.5) is 0 Å². The average molecular weight is 375 g/mol. The molecule has 0 spiro atoms. The van der Waals surface area contributed by atoms with Gasteiger partial charge in [-0.3, -0.25) is 0 Å². The third-order valence-corrected chi connectivity index (χ3v) is 4.84. The number of aryl methyl sites for hydroxylation is 1. The maximum absolute atomic E-state index is 3.62. The molecule has 4 heteroatoms. The first-order chi connectivity index (χ1) is 8.13. The van der Waals surface area contributed by atoms with Crippen LogP contribution in [0.15, 0.2) is 38.6 Å². The van der Waals surface area contributed by atoms with Gasteiger partial charge in [-0.25, -0.2) is 0 Å². The summed E-state index contributed by atoms with van der Waals surface area (Å²) in [7, 11) is 2.00. The highest BCUT2D eigenvalue weighted by molar-refractivity contribution is 9.11. The van der Waals surface area contributed by atoms with Crippen LogP contribution in [0.2, 0.25) is 0 Å². The number of thiophene rings is 1. The van der Waals surface area contributed by atoms with E-state index < -0.39 is 0 Å². The lowest BCUT2D eigenvalue weighted by Crippen LogP contribution is -2.18. The van der Waals surface area contributed by atoms with Gasteiger partial charge in [0.1, 0.15) is 0 Å². The van der Waals surface area contributed by atoms with E-state index in [2.05, 4.69) is 67.7 Å². The highest BCUT2D eigenvalue weighted by Crippen LogP contribution is 2.33. The molecule has 0 fully saturated rings. The van der Waals surface area contributed by atoms with Crippen LogP contribution in [-0.4, -0.2) is 7.05 Å². The molecule has 1 nitrogen and oxygen atoms in total. The van der Waals surface area contributed by atoms with Crippen LogP contribution >= 0.6 is 43.2 Å². The molecule has 0 aliphatic heterocycles. The Morgan fingerprint density at radius 2 is 1.94 bits per heavy atom. The number of halogens is 2. The van der Waals surface area contributed by atoms with E-state index in [1.54, 1.807) is 11.3 Å². The summed E-state index contributed by atoms with van der Waals surface area (Å²) in [6.07, 6.45) is 0. The maximum atomic E-state index is 3.62. The Morgan fingerprint density at radius 1 is 1.18 bits per heavy atom. The molecule has 90 valence electrons. The van der Waals surface area contributed by atoms with Crippen molar-refractivity contribution in [3.05, 3.63) is 54.6 Å². The zero-order valence-electron chi connectivity index (χ0n) is 9.63. The predicted octanol–water partition coefficient (Wildman–Crippen LogP) is 4.89. The third-order valence-electron chi connectivity index (χ3n) is 2.77. The van der Waals surface area contributed by atoms with Gasteiger partial charge >= 0.3 is 0 Å². The molecule has 17 heavy (non-hydrogen) atoms. The zero-order chi connectivity index (χ0) is 12.4. The molecule has 1 aromatic carbocycles. The van der Waals surface area contributed by atoms with Gasteiger partial charge in [-0.05, 0) is 54.7 Å². The van der Waals surface area contributed by atoms with Crippen LogP contribution in [0.25, 0.3) is 0 Å². The van der Waals surface area contributed by atoms with Gasteiger partial charge in [0.05, 0.1) is 6.04 Å². The van der Waals surface area contributed by atoms with Gasteiger partial charge in [-0.2, -0.15) is 0 Å². The lowest BCUT2D eigenvalue weighted by molar-refractivity contribution is 0.687. The Bertz CT molecular complexity index is 522. The van der Waals surface area contributed by atoms with Crippen molar-refractivity contribution < 1.29 is 0 Å². The largest absolute Gasteiger partial charge is 0.309 e. The Balaban J connectivity index is 2.49. The lowest BCUT2D eigenvalue weighted by atomic mass is 10.00. The van der Waals surface area contributed by atoms with Crippen molar-refractivity contribution in [1.29, 1.82) is 0 Å². The van der Waals surface area contributed by atoms with E-state index in [0.717, 1.165) is 8.95 Å². The van der Waals surface area contributed by atoms with E-state index in [4.69, 9.17) is 0 Å². The first kappa shape index (κ1) is 13.3. The molecule has 1 unspecified atom stereocenters. The van der Waals surface area contributed by atoms with E-state index in [1.165, 1.54) is 16.0 Å². The van der Waals surface area contributed by atoms with Crippen molar-refractivity contribution in [3.63, 3.8) is 0 Å². The van der Waals surface area contributed by atoms with Gasteiger partial charge in [0.2, 0.25) is 0 Å². The molecule has 2 rings (SSSR count). The second kappa shape index (κ2) is 5.65. The Morgan fingerprint density at radius 3 is 2.53 bits per heavy atom. The van der Waals surface area contributed by atoms with Crippen LogP contribution in [0.5, 0.6) is 0 Å². The van der Waals surface area contributed by atoms with Crippen molar-refractivity contribution in [2.45, 2.75) is 13.0 Å². The lowest BCUT2D eigenvalue weighted by Gasteiger charge is -2.18. The molecule has 0 amide bonds. The average Bonchev–Trinajstić information content (AvgIpc) is 2.71. The summed E-state index contributed by atoms with van der Waals surface area (Å²) in [6, 6.07) is 8.69. The van der Waals surface area contributed by atoms with Gasteiger partial charge in [0.15, 0.2) is 0 Å². The Hall–Kier alpha value is -0.160. The van der Waals surface area contributed by atoms with Crippen LogP contribution < -0.4 is 5.32 Å². The minimum absolute atomic E-state index is 0.230. The summed E-state index contributed by atoms with van der Waals surface area (Å²) in [5.74, 6) is 0. The predicted molar refractivity (Wildman–Crippen MR) is 81.8 cm³/mol. The van der Waals surface area contributed by atoms with Crippen LogP contribution in [0.3, 0.4) is 0 Å². The van der Waals surface area contributed by atoms with E-state index >= 15 is 0 Å². The van der Waals surface area contributed by atoms with E-state index in [-0.39, 0.29) is 6.04 Å². The van der Waals surface area contributed by atoms with Crippen molar-refractivity contribution in [3.8, 4) is 0 Å². The molecule has 2 aromatic rings. The quantitative estimate of drug-likeness (QED) is 0.806. The van der Waals surface area contributed by atoms with Gasteiger partial charge in [-0.15, -0.1) is 11.3 Å². The Kier molecular flexibility index (Phi) is 4.42. The fraction of sp³-hybridized carbons (Fsp3) is 0.231. The normalized spacial score (nSPS) is 12.7. The number of hydrogen-bond acceptors (Lipinski definition) is 2. The number of benzene rings is 1. The molecule has 0 bridgehead atoms. The van der Waals surface area contributed by atoms with Crippen LogP contribution in [-0.2, 0) is 0 Å². The second-order valence-corrected chi connectivity index (χ2v) is 6.71. The SMILES string of the molecule is CNC(c1cc(Br)ccc1Br)c1ccsc1C. The third kappa shape index (κ3) is 2.81. The van der Waals surface area contributed by atoms with Gasteiger partial charge in [0.25, 0.3) is 0 Å². The standard InChI is InChI=1S/C13H13Br2NS/c1-8-10(5-6-17-8)13(16-2)11-7-9(14)3-4-12(11)15/h3-7,13,16H,1-2H3. The van der Waals surface area contributed by atoms with Gasteiger partial charge in [-0.1, -0.05) is 31.9 Å². The molecule has 0 aliphatic rings. The molecular weight excluding hydrogens is 362 g/mol. The number of hydrogen-bond donors (Lipinski definition) is 1. The molecule has 1 atom stereocenters. The molecule has 0 saturated carbocycles. The fourth-order valence-electron chi connectivity index (χ4n) is 1.91. The van der Waals surface area contributed by atoms with Crippen molar-refractivity contribution in [2.75, 3.05) is 7.05 Å². The summed E-state index contributed by atoms with van der Waals surface area (Å²) < 4.78 is 2.23. The topological polar surface area (TPSA) is 12.0 Å². The zero-order valence-corrected chi connectivity index (χ0v) is 13.6. The molecule has 0 aliphatic carbocycles. The van der Waals surface area contributed by atoms with Gasteiger partial charge in [0, 0.05) is 13.8 Å². The van der Waals surface area contributed by atoms with Crippen LogP contribution in [0.1, 0.15) is 22.0 Å². The minimum Gasteiger partial charge on any atom is -0.309 e. The van der Waals surface area contributed by atoms with Crippen molar-refractivity contribution in [2.24, 2.45) is 0 Å². The molecule has 0 radical (unpaired) electrons.